The first kappa shape index (κ1) is 16.0. The van der Waals surface area contributed by atoms with E-state index in [2.05, 4.69) is 47.9 Å². The number of hydrogen-bond acceptors (Lipinski definition) is 7. The van der Waals surface area contributed by atoms with Crippen LogP contribution in [0.15, 0.2) is 42.9 Å². The number of anilines is 3. The van der Waals surface area contributed by atoms with Crippen LogP contribution in [0.5, 0.6) is 0 Å². The number of nitrogens with zero attached hydrogens (tertiary/aromatic N) is 4. The van der Waals surface area contributed by atoms with Crippen LogP contribution in [0.4, 0.5) is 17.3 Å². The first-order valence-electron chi connectivity index (χ1n) is 8.99. The third-order valence-corrected chi connectivity index (χ3v) is 4.81. The molecule has 0 spiro atoms. The van der Waals surface area contributed by atoms with Gasteiger partial charge in [-0.05, 0) is 36.1 Å². The number of aromatic nitrogens is 5. The average Bonchev–Trinajstić information content (AvgIpc) is 3.36. The predicted octanol–water partition coefficient (Wildman–Crippen LogP) is 3.09. The average molecular weight is 361 g/mol. The maximum absolute atomic E-state index is 5.44. The van der Waals surface area contributed by atoms with Crippen molar-refractivity contribution >= 4 is 39.3 Å². The Morgan fingerprint density at radius 3 is 3.00 bits per heavy atom. The molecule has 1 fully saturated rings. The minimum Gasteiger partial charge on any atom is -0.381 e. The van der Waals surface area contributed by atoms with Crippen LogP contribution in [0, 0.1) is 5.92 Å². The summed E-state index contributed by atoms with van der Waals surface area (Å²) < 4.78 is 5.44. The van der Waals surface area contributed by atoms with Gasteiger partial charge in [-0.1, -0.05) is 0 Å². The topological polar surface area (TPSA) is 101 Å². The van der Waals surface area contributed by atoms with Gasteiger partial charge < -0.3 is 15.4 Å². The molecule has 0 aliphatic carbocycles. The summed E-state index contributed by atoms with van der Waals surface area (Å²) in [5.41, 5.74) is 2.25. The molecule has 3 aromatic heterocycles. The quantitative estimate of drug-likeness (QED) is 0.502. The van der Waals surface area contributed by atoms with Gasteiger partial charge in [-0.25, -0.2) is 15.0 Å². The second-order valence-corrected chi connectivity index (χ2v) is 6.66. The highest BCUT2D eigenvalue weighted by Gasteiger charge is 2.16. The predicted molar refractivity (Wildman–Crippen MR) is 104 cm³/mol. The van der Waals surface area contributed by atoms with E-state index in [1.807, 2.05) is 18.3 Å². The van der Waals surface area contributed by atoms with Crippen molar-refractivity contribution in [2.24, 2.45) is 5.92 Å². The summed E-state index contributed by atoms with van der Waals surface area (Å²) in [4.78, 5) is 13.0. The van der Waals surface area contributed by atoms with Gasteiger partial charge in [-0.3, -0.25) is 5.10 Å². The number of aromatic amines is 1. The first-order chi connectivity index (χ1) is 13.4. The summed E-state index contributed by atoms with van der Waals surface area (Å²) in [6.07, 6.45) is 6.22. The SMILES string of the molecule is c1cc2cc(Nc3[nH]nc4nccnc34)ccc2c(NCC2CCOC2)n1. The summed E-state index contributed by atoms with van der Waals surface area (Å²) in [5.74, 6) is 2.19. The molecule has 1 saturated heterocycles. The maximum atomic E-state index is 5.44. The molecular formula is C19H19N7O. The number of rotatable bonds is 5. The minimum atomic E-state index is 0.553. The summed E-state index contributed by atoms with van der Waals surface area (Å²) in [6.45, 7) is 2.56. The number of nitrogens with one attached hydrogen (secondary N) is 3. The smallest absolute Gasteiger partial charge is 0.201 e. The Hall–Kier alpha value is -3.26. The van der Waals surface area contributed by atoms with E-state index in [-0.39, 0.29) is 0 Å². The number of pyridine rings is 1. The van der Waals surface area contributed by atoms with Gasteiger partial charge >= 0.3 is 0 Å². The Morgan fingerprint density at radius 1 is 1.11 bits per heavy atom. The molecule has 5 rings (SSSR count). The molecule has 4 heterocycles. The van der Waals surface area contributed by atoms with Crippen LogP contribution in [0.25, 0.3) is 21.9 Å². The largest absolute Gasteiger partial charge is 0.381 e. The Labute approximate surface area is 155 Å². The van der Waals surface area contributed by atoms with Crippen LogP contribution in [0.2, 0.25) is 0 Å². The summed E-state index contributed by atoms with van der Waals surface area (Å²) in [7, 11) is 0. The molecule has 1 unspecified atom stereocenters. The van der Waals surface area contributed by atoms with E-state index in [0.29, 0.717) is 17.1 Å². The second-order valence-electron chi connectivity index (χ2n) is 6.66. The lowest BCUT2D eigenvalue weighted by molar-refractivity contribution is 0.187. The third-order valence-electron chi connectivity index (χ3n) is 4.81. The van der Waals surface area contributed by atoms with Gasteiger partial charge in [0.1, 0.15) is 5.82 Å². The molecule has 4 aromatic rings. The Morgan fingerprint density at radius 2 is 2.07 bits per heavy atom. The Kier molecular flexibility index (Phi) is 4.02. The lowest BCUT2D eigenvalue weighted by Crippen LogP contribution is -2.14. The van der Waals surface area contributed by atoms with Gasteiger partial charge in [0.25, 0.3) is 0 Å². The van der Waals surface area contributed by atoms with Gasteiger partial charge in [0.05, 0.1) is 6.61 Å². The third kappa shape index (κ3) is 3.15. The first-order valence-corrected chi connectivity index (χ1v) is 8.99. The molecule has 1 aliphatic rings. The monoisotopic (exact) mass is 361 g/mol. The molecule has 0 saturated carbocycles. The highest BCUT2D eigenvalue weighted by Crippen LogP contribution is 2.27. The number of benzene rings is 1. The highest BCUT2D eigenvalue weighted by atomic mass is 16.5. The molecule has 8 nitrogen and oxygen atoms in total. The number of H-pyrrole nitrogens is 1. The standard InChI is InChI=1S/C19H19N7O/c1-2-15-13(3-5-21-17(15)23-10-12-4-8-27-11-12)9-14(1)24-19-16-18(25-26-19)22-7-6-20-16/h1-3,5-7,9,12H,4,8,10-11H2,(H,21,23)(H2,22,24,25,26). The van der Waals surface area contributed by atoms with Crippen molar-refractivity contribution in [1.29, 1.82) is 0 Å². The van der Waals surface area contributed by atoms with Crippen molar-refractivity contribution in [2.45, 2.75) is 6.42 Å². The van der Waals surface area contributed by atoms with E-state index in [1.165, 1.54) is 0 Å². The molecular weight excluding hydrogens is 342 g/mol. The molecule has 27 heavy (non-hydrogen) atoms. The Bertz CT molecular complexity index is 1090. The lowest BCUT2D eigenvalue weighted by atomic mass is 10.1. The van der Waals surface area contributed by atoms with E-state index < -0.39 is 0 Å². The molecule has 136 valence electrons. The van der Waals surface area contributed by atoms with Crippen LogP contribution >= 0.6 is 0 Å². The van der Waals surface area contributed by atoms with Crippen LogP contribution < -0.4 is 10.6 Å². The summed E-state index contributed by atoms with van der Waals surface area (Å²) in [6, 6.07) is 8.19. The summed E-state index contributed by atoms with van der Waals surface area (Å²) in [5, 5.41) is 16.1. The van der Waals surface area contributed by atoms with Gasteiger partial charge in [0, 0.05) is 48.7 Å². The van der Waals surface area contributed by atoms with Gasteiger partial charge in [-0.15, -0.1) is 0 Å². The Balaban J connectivity index is 1.40. The zero-order valence-electron chi connectivity index (χ0n) is 14.6. The van der Waals surface area contributed by atoms with E-state index >= 15 is 0 Å². The van der Waals surface area contributed by atoms with E-state index in [0.717, 1.165) is 54.3 Å². The molecule has 8 heteroatoms. The number of ether oxygens (including phenoxy) is 1. The van der Waals surface area contributed by atoms with E-state index in [9.17, 15) is 0 Å². The van der Waals surface area contributed by atoms with Gasteiger partial charge in [-0.2, -0.15) is 5.10 Å². The van der Waals surface area contributed by atoms with Crippen molar-refractivity contribution in [3.8, 4) is 0 Å². The fourth-order valence-electron chi connectivity index (χ4n) is 3.36. The molecule has 0 radical (unpaired) electrons. The zero-order chi connectivity index (χ0) is 18.1. The highest BCUT2D eigenvalue weighted by molar-refractivity contribution is 5.95. The van der Waals surface area contributed by atoms with Crippen LogP contribution in [0.1, 0.15) is 6.42 Å². The fourth-order valence-corrected chi connectivity index (χ4v) is 3.36. The van der Waals surface area contributed by atoms with Gasteiger partial charge in [0.2, 0.25) is 5.65 Å². The number of fused-ring (bicyclic) bond motifs is 2. The van der Waals surface area contributed by atoms with E-state index in [1.54, 1.807) is 12.4 Å². The zero-order valence-corrected chi connectivity index (χ0v) is 14.6. The molecule has 0 bridgehead atoms. The normalized spacial score (nSPS) is 16.8. The number of hydrogen-bond donors (Lipinski definition) is 3. The second kappa shape index (κ2) is 6.81. The molecule has 0 amide bonds. The minimum absolute atomic E-state index is 0.553. The lowest BCUT2D eigenvalue weighted by Gasteiger charge is -2.13. The maximum Gasteiger partial charge on any atom is 0.201 e. The van der Waals surface area contributed by atoms with Gasteiger partial charge in [0.15, 0.2) is 11.3 Å². The summed E-state index contributed by atoms with van der Waals surface area (Å²) >= 11 is 0. The van der Waals surface area contributed by atoms with Crippen molar-refractivity contribution in [1.82, 2.24) is 25.1 Å². The molecule has 1 aromatic carbocycles. The van der Waals surface area contributed by atoms with Crippen molar-refractivity contribution < 1.29 is 4.74 Å². The fraction of sp³-hybridized carbons (Fsp3) is 0.263. The van der Waals surface area contributed by atoms with Crippen LogP contribution in [-0.2, 0) is 4.74 Å². The van der Waals surface area contributed by atoms with Crippen molar-refractivity contribution in [2.75, 3.05) is 30.4 Å². The molecule has 1 aliphatic heterocycles. The van der Waals surface area contributed by atoms with Crippen molar-refractivity contribution in [3.05, 3.63) is 42.9 Å². The molecule has 3 N–H and O–H groups in total. The van der Waals surface area contributed by atoms with Crippen molar-refractivity contribution in [3.63, 3.8) is 0 Å². The van der Waals surface area contributed by atoms with E-state index in [4.69, 9.17) is 4.74 Å². The van der Waals surface area contributed by atoms with Crippen LogP contribution in [-0.4, -0.2) is 44.9 Å². The van der Waals surface area contributed by atoms with Crippen LogP contribution in [0.3, 0.4) is 0 Å². The molecule has 1 atom stereocenters.